The van der Waals surface area contributed by atoms with Crippen LogP contribution >= 0.6 is 0 Å². The molecular weight excluding hydrogens is 228 g/mol. The van der Waals surface area contributed by atoms with E-state index in [9.17, 15) is 0 Å². The van der Waals surface area contributed by atoms with Gasteiger partial charge in [-0.1, -0.05) is 0 Å². The number of rotatable bonds is 6. The Bertz CT molecular complexity index is 429. The highest BCUT2D eigenvalue weighted by Crippen LogP contribution is 2.37. The SMILES string of the molecule is COCc1nc(N)cc(N(CC2CC2)C2CC2)n1. The highest BCUT2D eigenvalue weighted by molar-refractivity contribution is 5.49. The van der Waals surface area contributed by atoms with E-state index < -0.39 is 0 Å². The van der Waals surface area contributed by atoms with Crippen LogP contribution in [-0.2, 0) is 11.3 Å². The van der Waals surface area contributed by atoms with E-state index >= 15 is 0 Å². The predicted octanol–water partition coefficient (Wildman–Crippen LogP) is 1.58. The zero-order valence-corrected chi connectivity index (χ0v) is 10.8. The minimum Gasteiger partial charge on any atom is -0.384 e. The number of aromatic nitrogens is 2. The average molecular weight is 248 g/mol. The summed E-state index contributed by atoms with van der Waals surface area (Å²) < 4.78 is 5.09. The van der Waals surface area contributed by atoms with Crippen LogP contribution in [0, 0.1) is 5.92 Å². The van der Waals surface area contributed by atoms with Gasteiger partial charge >= 0.3 is 0 Å². The van der Waals surface area contributed by atoms with Gasteiger partial charge in [-0.25, -0.2) is 9.97 Å². The Kier molecular flexibility index (Phi) is 3.07. The molecule has 2 aliphatic rings. The molecule has 18 heavy (non-hydrogen) atoms. The molecule has 3 rings (SSSR count). The molecule has 1 aromatic rings. The number of nitrogens with zero attached hydrogens (tertiary/aromatic N) is 3. The fraction of sp³-hybridized carbons (Fsp3) is 0.692. The van der Waals surface area contributed by atoms with Gasteiger partial charge in [0.15, 0.2) is 5.82 Å². The van der Waals surface area contributed by atoms with Gasteiger partial charge in [-0.3, -0.25) is 0 Å². The molecule has 2 saturated carbocycles. The van der Waals surface area contributed by atoms with Crippen LogP contribution in [0.2, 0.25) is 0 Å². The molecule has 1 aromatic heterocycles. The Morgan fingerprint density at radius 3 is 2.72 bits per heavy atom. The van der Waals surface area contributed by atoms with Gasteiger partial charge in [-0.2, -0.15) is 0 Å². The van der Waals surface area contributed by atoms with E-state index in [0.29, 0.717) is 24.3 Å². The Labute approximate surface area is 107 Å². The zero-order chi connectivity index (χ0) is 12.5. The molecule has 1 heterocycles. The highest BCUT2D eigenvalue weighted by atomic mass is 16.5. The fourth-order valence-corrected chi connectivity index (χ4v) is 2.24. The first-order chi connectivity index (χ1) is 8.76. The number of nitrogen functional groups attached to an aromatic ring is 1. The molecule has 2 aliphatic carbocycles. The lowest BCUT2D eigenvalue weighted by Crippen LogP contribution is -2.29. The van der Waals surface area contributed by atoms with Crippen molar-refractivity contribution in [2.24, 2.45) is 5.92 Å². The van der Waals surface area contributed by atoms with Crippen molar-refractivity contribution in [3.05, 3.63) is 11.9 Å². The van der Waals surface area contributed by atoms with E-state index in [2.05, 4.69) is 14.9 Å². The normalized spacial score (nSPS) is 18.9. The zero-order valence-electron chi connectivity index (χ0n) is 10.8. The molecule has 0 amide bonds. The van der Waals surface area contributed by atoms with E-state index in [1.54, 1.807) is 7.11 Å². The van der Waals surface area contributed by atoms with Crippen molar-refractivity contribution in [2.45, 2.75) is 38.3 Å². The summed E-state index contributed by atoms with van der Waals surface area (Å²) in [5.41, 5.74) is 5.86. The highest BCUT2D eigenvalue weighted by Gasteiger charge is 2.34. The lowest BCUT2D eigenvalue weighted by atomic mass is 10.3. The minimum atomic E-state index is 0.417. The van der Waals surface area contributed by atoms with Crippen molar-refractivity contribution in [3.8, 4) is 0 Å². The van der Waals surface area contributed by atoms with Gasteiger partial charge in [0.2, 0.25) is 0 Å². The summed E-state index contributed by atoms with van der Waals surface area (Å²) in [6.45, 7) is 1.54. The molecule has 5 heteroatoms. The van der Waals surface area contributed by atoms with E-state index in [1.165, 1.54) is 25.7 Å². The molecule has 5 nitrogen and oxygen atoms in total. The maximum Gasteiger partial charge on any atom is 0.158 e. The van der Waals surface area contributed by atoms with E-state index in [1.807, 2.05) is 6.07 Å². The third kappa shape index (κ3) is 2.72. The largest absolute Gasteiger partial charge is 0.384 e. The number of hydrogen-bond acceptors (Lipinski definition) is 5. The third-order valence-electron chi connectivity index (χ3n) is 3.49. The lowest BCUT2D eigenvalue weighted by Gasteiger charge is -2.24. The molecule has 98 valence electrons. The van der Waals surface area contributed by atoms with Crippen molar-refractivity contribution >= 4 is 11.6 Å². The molecule has 0 spiro atoms. The van der Waals surface area contributed by atoms with Crippen molar-refractivity contribution in [2.75, 3.05) is 24.3 Å². The minimum absolute atomic E-state index is 0.417. The molecule has 0 radical (unpaired) electrons. The second-order valence-corrected chi connectivity index (χ2v) is 5.33. The number of ether oxygens (including phenoxy) is 1. The maximum absolute atomic E-state index is 5.86. The van der Waals surface area contributed by atoms with E-state index in [-0.39, 0.29) is 0 Å². The monoisotopic (exact) mass is 248 g/mol. The Hall–Kier alpha value is -1.36. The van der Waals surface area contributed by atoms with Gasteiger partial charge in [-0.15, -0.1) is 0 Å². The number of methoxy groups -OCH3 is 1. The summed E-state index contributed by atoms with van der Waals surface area (Å²) in [5.74, 6) is 3.04. The maximum atomic E-state index is 5.86. The van der Waals surface area contributed by atoms with Crippen LogP contribution in [0.15, 0.2) is 6.07 Å². The van der Waals surface area contributed by atoms with Gasteiger partial charge in [0.05, 0.1) is 0 Å². The predicted molar refractivity (Wildman–Crippen MR) is 70.2 cm³/mol. The van der Waals surface area contributed by atoms with E-state index in [0.717, 1.165) is 18.3 Å². The van der Waals surface area contributed by atoms with Crippen molar-refractivity contribution < 1.29 is 4.74 Å². The topological polar surface area (TPSA) is 64.3 Å². The standard InChI is InChI=1S/C13H20N4O/c1-18-8-12-15-11(14)6-13(16-12)17(10-4-5-10)7-9-2-3-9/h6,9-10H,2-5,7-8H2,1H3,(H2,14,15,16). The van der Waals surface area contributed by atoms with Gasteiger partial charge in [0, 0.05) is 25.8 Å². The van der Waals surface area contributed by atoms with Crippen LogP contribution in [-0.4, -0.2) is 29.7 Å². The molecule has 0 saturated heterocycles. The first-order valence-electron chi connectivity index (χ1n) is 6.65. The average Bonchev–Trinajstić information content (AvgIpc) is 3.19. The second-order valence-electron chi connectivity index (χ2n) is 5.33. The third-order valence-corrected chi connectivity index (χ3v) is 3.49. The van der Waals surface area contributed by atoms with Crippen LogP contribution in [0.1, 0.15) is 31.5 Å². The molecule has 0 unspecified atom stereocenters. The summed E-state index contributed by atoms with van der Waals surface area (Å²) in [6, 6.07) is 2.55. The number of anilines is 2. The second kappa shape index (κ2) is 4.72. The summed E-state index contributed by atoms with van der Waals surface area (Å²) >= 11 is 0. The van der Waals surface area contributed by atoms with E-state index in [4.69, 9.17) is 10.5 Å². The summed E-state index contributed by atoms with van der Waals surface area (Å²) in [6.07, 6.45) is 5.26. The summed E-state index contributed by atoms with van der Waals surface area (Å²) in [7, 11) is 1.65. The van der Waals surface area contributed by atoms with Crippen LogP contribution < -0.4 is 10.6 Å². The fourth-order valence-electron chi connectivity index (χ4n) is 2.24. The first-order valence-corrected chi connectivity index (χ1v) is 6.65. The quantitative estimate of drug-likeness (QED) is 0.828. The Morgan fingerprint density at radius 2 is 2.11 bits per heavy atom. The van der Waals surface area contributed by atoms with Crippen molar-refractivity contribution in [1.82, 2.24) is 9.97 Å². The number of nitrogens with two attached hydrogens (primary N) is 1. The molecule has 0 bridgehead atoms. The lowest BCUT2D eigenvalue weighted by molar-refractivity contribution is 0.178. The Balaban J connectivity index is 1.82. The first kappa shape index (κ1) is 11.7. The molecule has 0 aromatic carbocycles. The van der Waals surface area contributed by atoms with Crippen LogP contribution in [0.25, 0.3) is 0 Å². The van der Waals surface area contributed by atoms with Gasteiger partial charge in [0.1, 0.15) is 18.2 Å². The Morgan fingerprint density at radius 1 is 1.33 bits per heavy atom. The molecule has 0 aliphatic heterocycles. The smallest absolute Gasteiger partial charge is 0.158 e. The molecule has 2 fully saturated rings. The van der Waals surface area contributed by atoms with Crippen LogP contribution in [0.4, 0.5) is 11.6 Å². The summed E-state index contributed by atoms with van der Waals surface area (Å²) in [4.78, 5) is 11.2. The van der Waals surface area contributed by atoms with Crippen molar-refractivity contribution in [1.29, 1.82) is 0 Å². The molecule has 2 N–H and O–H groups in total. The number of hydrogen-bond donors (Lipinski definition) is 1. The molecule has 0 atom stereocenters. The van der Waals surface area contributed by atoms with Crippen molar-refractivity contribution in [3.63, 3.8) is 0 Å². The molecular formula is C13H20N4O. The van der Waals surface area contributed by atoms with Gasteiger partial charge in [0.25, 0.3) is 0 Å². The van der Waals surface area contributed by atoms with Gasteiger partial charge in [-0.05, 0) is 31.6 Å². The van der Waals surface area contributed by atoms with Gasteiger partial charge < -0.3 is 15.4 Å². The van der Waals surface area contributed by atoms with Crippen LogP contribution in [0.5, 0.6) is 0 Å². The summed E-state index contributed by atoms with van der Waals surface area (Å²) in [5, 5.41) is 0. The van der Waals surface area contributed by atoms with Crippen LogP contribution in [0.3, 0.4) is 0 Å².